The number of para-hydroxylation sites is 2. The van der Waals surface area contributed by atoms with Crippen LogP contribution in [-0.4, -0.2) is 20.1 Å². The quantitative estimate of drug-likeness (QED) is 0.539. The molecule has 4 aromatic rings. The summed E-state index contributed by atoms with van der Waals surface area (Å²) in [6.45, 7) is 2.04. The third kappa shape index (κ3) is 2.68. The number of hydrogen-bond donors (Lipinski definition) is 2. The van der Waals surface area contributed by atoms with Gasteiger partial charge in [0.05, 0.1) is 11.1 Å². The van der Waals surface area contributed by atoms with E-state index in [1.165, 1.54) is 0 Å². The van der Waals surface area contributed by atoms with Crippen LogP contribution in [0.25, 0.3) is 21.6 Å². The van der Waals surface area contributed by atoms with Crippen molar-refractivity contribution >= 4 is 33.1 Å². The number of nitrogens with one attached hydrogen (secondary N) is 1. The molecule has 2 N–H and O–H groups in total. The SMILES string of the molecule is Cc1cc2c(Nc3ccccc3O)nc(-c3cccnc3)nc2s1. The molecule has 0 radical (unpaired) electrons. The molecule has 1 aromatic carbocycles. The van der Waals surface area contributed by atoms with E-state index >= 15 is 0 Å². The van der Waals surface area contributed by atoms with Crippen molar-refractivity contribution in [1.82, 2.24) is 15.0 Å². The number of anilines is 2. The van der Waals surface area contributed by atoms with Crippen molar-refractivity contribution in [2.24, 2.45) is 0 Å². The van der Waals surface area contributed by atoms with Gasteiger partial charge in [0, 0.05) is 22.8 Å². The van der Waals surface area contributed by atoms with Gasteiger partial charge in [-0.2, -0.15) is 0 Å². The normalized spacial score (nSPS) is 10.9. The summed E-state index contributed by atoms with van der Waals surface area (Å²) < 4.78 is 0. The van der Waals surface area contributed by atoms with Crippen LogP contribution in [0.2, 0.25) is 0 Å². The Morgan fingerprint density at radius 2 is 1.96 bits per heavy atom. The highest BCUT2D eigenvalue weighted by Crippen LogP contribution is 2.34. The summed E-state index contributed by atoms with van der Waals surface area (Å²) in [6.07, 6.45) is 3.46. The Hall–Kier alpha value is -2.99. The number of benzene rings is 1. The van der Waals surface area contributed by atoms with Crippen molar-refractivity contribution in [3.8, 4) is 17.1 Å². The zero-order valence-corrected chi connectivity index (χ0v) is 13.7. The molecular weight excluding hydrogens is 320 g/mol. The summed E-state index contributed by atoms with van der Waals surface area (Å²) in [5.74, 6) is 1.46. The number of phenolic OH excluding ortho intramolecular Hbond substituents is 1. The minimum Gasteiger partial charge on any atom is -0.506 e. The molecule has 0 unspecified atom stereocenters. The van der Waals surface area contributed by atoms with Gasteiger partial charge >= 0.3 is 0 Å². The van der Waals surface area contributed by atoms with Gasteiger partial charge < -0.3 is 10.4 Å². The smallest absolute Gasteiger partial charge is 0.164 e. The van der Waals surface area contributed by atoms with Gasteiger partial charge in [0.25, 0.3) is 0 Å². The fourth-order valence-electron chi connectivity index (χ4n) is 2.47. The Morgan fingerprint density at radius 1 is 1.08 bits per heavy atom. The first-order chi connectivity index (χ1) is 11.7. The molecule has 0 fully saturated rings. The van der Waals surface area contributed by atoms with E-state index in [1.54, 1.807) is 35.9 Å². The molecule has 0 aliphatic carbocycles. The van der Waals surface area contributed by atoms with Crippen LogP contribution in [0, 0.1) is 6.92 Å². The van der Waals surface area contributed by atoms with Crippen LogP contribution >= 0.6 is 11.3 Å². The van der Waals surface area contributed by atoms with Crippen LogP contribution < -0.4 is 5.32 Å². The molecule has 0 saturated heterocycles. The number of phenols is 1. The lowest BCUT2D eigenvalue weighted by Gasteiger charge is -2.10. The zero-order chi connectivity index (χ0) is 16.5. The van der Waals surface area contributed by atoms with Gasteiger partial charge in [0.15, 0.2) is 5.82 Å². The molecule has 118 valence electrons. The van der Waals surface area contributed by atoms with E-state index in [-0.39, 0.29) is 5.75 Å². The number of nitrogens with zero attached hydrogens (tertiary/aromatic N) is 3. The number of pyridine rings is 1. The Bertz CT molecular complexity index is 1010. The summed E-state index contributed by atoms with van der Waals surface area (Å²) in [6, 6.07) is 12.9. The maximum atomic E-state index is 10.0. The van der Waals surface area contributed by atoms with E-state index in [9.17, 15) is 5.11 Å². The highest BCUT2D eigenvalue weighted by Gasteiger charge is 2.13. The highest BCUT2D eigenvalue weighted by atomic mass is 32.1. The van der Waals surface area contributed by atoms with Crippen molar-refractivity contribution in [2.75, 3.05) is 5.32 Å². The predicted molar refractivity (Wildman–Crippen MR) is 96.8 cm³/mol. The molecule has 4 rings (SSSR count). The average molecular weight is 334 g/mol. The molecule has 0 saturated carbocycles. The number of fused-ring (bicyclic) bond motifs is 1. The Kier molecular flexibility index (Phi) is 3.59. The van der Waals surface area contributed by atoms with E-state index in [0.717, 1.165) is 20.7 Å². The number of thiophene rings is 1. The Labute approximate surface area is 142 Å². The molecule has 6 heteroatoms. The second kappa shape index (κ2) is 5.90. The minimum absolute atomic E-state index is 0.180. The minimum atomic E-state index is 0.180. The number of aromatic hydroxyl groups is 1. The summed E-state index contributed by atoms with van der Waals surface area (Å²) in [4.78, 5) is 15.5. The predicted octanol–water partition coefficient (Wildman–Crippen LogP) is 4.51. The van der Waals surface area contributed by atoms with Crippen LogP contribution in [0.15, 0.2) is 54.9 Å². The van der Waals surface area contributed by atoms with Gasteiger partial charge in [-0.05, 0) is 37.3 Å². The van der Waals surface area contributed by atoms with Crippen LogP contribution in [0.1, 0.15) is 4.88 Å². The maximum Gasteiger partial charge on any atom is 0.164 e. The van der Waals surface area contributed by atoms with Crippen molar-refractivity contribution in [3.63, 3.8) is 0 Å². The number of rotatable bonds is 3. The van der Waals surface area contributed by atoms with Crippen molar-refractivity contribution in [2.45, 2.75) is 6.92 Å². The van der Waals surface area contributed by atoms with Gasteiger partial charge in [-0.25, -0.2) is 9.97 Å². The Balaban J connectivity index is 1.88. The molecule has 0 aliphatic rings. The van der Waals surface area contributed by atoms with Crippen LogP contribution in [0.4, 0.5) is 11.5 Å². The van der Waals surface area contributed by atoms with E-state index in [0.29, 0.717) is 17.3 Å². The van der Waals surface area contributed by atoms with E-state index in [2.05, 4.69) is 26.3 Å². The fourth-order valence-corrected chi connectivity index (χ4v) is 3.35. The van der Waals surface area contributed by atoms with E-state index in [4.69, 9.17) is 0 Å². The molecule has 5 nitrogen and oxygen atoms in total. The van der Waals surface area contributed by atoms with Crippen molar-refractivity contribution in [3.05, 3.63) is 59.7 Å². The third-order valence-corrected chi connectivity index (χ3v) is 4.54. The Morgan fingerprint density at radius 3 is 2.75 bits per heavy atom. The zero-order valence-electron chi connectivity index (χ0n) is 12.9. The lowest BCUT2D eigenvalue weighted by atomic mass is 10.2. The van der Waals surface area contributed by atoms with Gasteiger partial charge in [-0.1, -0.05) is 12.1 Å². The highest BCUT2D eigenvalue weighted by molar-refractivity contribution is 7.18. The molecular formula is C18H14N4OS. The first-order valence-corrected chi connectivity index (χ1v) is 8.26. The number of aryl methyl sites for hydroxylation is 1. The van der Waals surface area contributed by atoms with Gasteiger partial charge in [-0.15, -0.1) is 11.3 Å². The first-order valence-electron chi connectivity index (χ1n) is 7.44. The van der Waals surface area contributed by atoms with Gasteiger partial charge in [-0.3, -0.25) is 4.98 Å². The lowest BCUT2D eigenvalue weighted by Crippen LogP contribution is -1.98. The summed E-state index contributed by atoms with van der Waals surface area (Å²) in [5, 5.41) is 14.2. The molecule has 0 amide bonds. The van der Waals surface area contributed by atoms with Crippen LogP contribution in [0.3, 0.4) is 0 Å². The van der Waals surface area contributed by atoms with Gasteiger partial charge in [0.1, 0.15) is 16.4 Å². The summed E-state index contributed by atoms with van der Waals surface area (Å²) in [7, 11) is 0. The molecule has 0 atom stereocenters. The molecule has 3 aromatic heterocycles. The molecule has 3 heterocycles. The molecule has 0 bridgehead atoms. The van der Waals surface area contributed by atoms with Crippen molar-refractivity contribution < 1.29 is 5.11 Å². The second-order valence-corrected chi connectivity index (χ2v) is 6.59. The largest absolute Gasteiger partial charge is 0.506 e. The molecule has 0 aliphatic heterocycles. The third-order valence-electron chi connectivity index (χ3n) is 3.59. The van der Waals surface area contributed by atoms with Crippen LogP contribution in [0.5, 0.6) is 5.75 Å². The van der Waals surface area contributed by atoms with Gasteiger partial charge in [0.2, 0.25) is 0 Å². The van der Waals surface area contributed by atoms with Crippen molar-refractivity contribution in [1.29, 1.82) is 0 Å². The second-order valence-electron chi connectivity index (χ2n) is 5.36. The number of hydrogen-bond acceptors (Lipinski definition) is 6. The summed E-state index contributed by atoms with van der Waals surface area (Å²) in [5.41, 5.74) is 1.46. The molecule has 24 heavy (non-hydrogen) atoms. The fraction of sp³-hybridized carbons (Fsp3) is 0.0556. The monoisotopic (exact) mass is 334 g/mol. The van der Waals surface area contributed by atoms with Crippen LogP contribution in [-0.2, 0) is 0 Å². The maximum absolute atomic E-state index is 10.0. The van der Waals surface area contributed by atoms with E-state index < -0.39 is 0 Å². The first kappa shape index (κ1) is 14.6. The standard InChI is InChI=1S/C18H14N4OS/c1-11-9-13-17(20-14-6-2-3-7-15(14)23)21-16(22-18(13)24-11)12-5-4-8-19-10-12/h2-10,23H,1H3,(H,20,21,22). The molecule has 0 spiro atoms. The van der Waals surface area contributed by atoms with E-state index in [1.807, 2.05) is 31.2 Å². The average Bonchev–Trinajstić information content (AvgIpc) is 2.98. The summed E-state index contributed by atoms with van der Waals surface area (Å²) >= 11 is 1.62. The topological polar surface area (TPSA) is 70.9 Å². The number of aromatic nitrogens is 3. The lowest BCUT2D eigenvalue weighted by molar-refractivity contribution is 0.478.